The van der Waals surface area contributed by atoms with Gasteiger partial charge in [0.2, 0.25) is 0 Å². The average molecular weight is 273 g/mol. The van der Waals surface area contributed by atoms with E-state index in [1.807, 2.05) is 0 Å². The standard InChI is InChI=1S/C14H15N3O3/c1-3-20-14(19)10-6-4-5-7-12(10)16-13(18)11-8-15-17-9(11)2/h4-8H,3H2,1-2H3,(H,15,17)(H,16,18). The zero-order valence-corrected chi connectivity index (χ0v) is 11.3. The molecule has 1 amide bonds. The van der Waals surface area contributed by atoms with Crippen molar-refractivity contribution in [3.05, 3.63) is 47.3 Å². The van der Waals surface area contributed by atoms with Crippen molar-refractivity contribution in [1.82, 2.24) is 10.2 Å². The van der Waals surface area contributed by atoms with Gasteiger partial charge in [0, 0.05) is 5.69 Å². The highest BCUT2D eigenvalue weighted by molar-refractivity contribution is 6.08. The van der Waals surface area contributed by atoms with Crippen molar-refractivity contribution in [1.29, 1.82) is 0 Å². The molecule has 0 spiro atoms. The van der Waals surface area contributed by atoms with Crippen molar-refractivity contribution in [3.8, 4) is 0 Å². The van der Waals surface area contributed by atoms with E-state index in [2.05, 4.69) is 15.5 Å². The number of esters is 1. The van der Waals surface area contributed by atoms with E-state index in [0.29, 0.717) is 22.5 Å². The van der Waals surface area contributed by atoms with Crippen LogP contribution in [0.2, 0.25) is 0 Å². The third-order valence-electron chi connectivity index (χ3n) is 2.75. The van der Waals surface area contributed by atoms with Gasteiger partial charge in [0.05, 0.1) is 29.6 Å². The molecule has 0 bridgehead atoms. The van der Waals surface area contributed by atoms with Crippen LogP contribution >= 0.6 is 0 Å². The zero-order chi connectivity index (χ0) is 14.5. The number of aryl methyl sites for hydroxylation is 1. The molecule has 104 valence electrons. The topological polar surface area (TPSA) is 84.1 Å². The Balaban J connectivity index is 2.24. The molecule has 0 fully saturated rings. The monoisotopic (exact) mass is 273 g/mol. The van der Waals surface area contributed by atoms with Crippen LogP contribution in [0.4, 0.5) is 5.69 Å². The molecule has 0 aliphatic heterocycles. The molecule has 2 rings (SSSR count). The maximum absolute atomic E-state index is 12.1. The molecule has 0 aliphatic carbocycles. The molecule has 0 radical (unpaired) electrons. The summed E-state index contributed by atoms with van der Waals surface area (Å²) in [5, 5.41) is 9.18. The van der Waals surface area contributed by atoms with E-state index < -0.39 is 5.97 Å². The van der Waals surface area contributed by atoms with E-state index in [1.165, 1.54) is 6.20 Å². The molecule has 1 heterocycles. The summed E-state index contributed by atoms with van der Waals surface area (Å²) in [7, 11) is 0. The van der Waals surface area contributed by atoms with Crippen LogP contribution in [0.5, 0.6) is 0 Å². The molecular formula is C14H15N3O3. The van der Waals surface area contributed by atoms with Crippen LogP contribution in [0.25, 0.3) is 0 Å². The third-order valence-corrected chi connectivity index (χ3v) is 2.75. The normalized spacial score (nSPS) is 10.1. The fraction of sp³-hybridized carbons (Fsp3) is 0.214. The number of nitrogens with zero attached hydrogens (tertiary/aromatic N) is 1. The molecule has 1 aromatic carbocycles. The van der Waals surface area contributed by atoms with E-state index in [-0.39, 0.29) is 12.5 Å². The van der Waals surface area contributed by atoms with Crippen molar-refractivity contribution in [2.24, 2.45) is 0 Å². The molecule has 1 aromatic heterocycles. The number of carbonyl (C=O) groups excluding carboxylic acids is 2. The van der Waals surface area contributed by atoms with Crippen molar-refractivity contribution >= 4 is 17.6 Å². The smallest absolute Gasteiger partial charge is 0.340 e. The summed E-state index contributed by atoms with van der Waals surface area (Å²) < 4.78 is 4.96. The summed E-state index contributed by atoms with van der Waals surface area (Å²) in [6.07, 6.45) is 1.44. The molecule has 2 N–H and O–H groups in total. The molecule has 2 aromatic rings. The number of amides is 1. The van der Waals surface area contributed by atoms with Crippen LogP contribution in [0.15, 0.2) is 30.5 Å². The number of carbonyl (C=O) groups is 2. The van der Waals surface area contributed by atoms with Crippen molar-refractivity contribution in [2.75, 3.05) is 11.9 Å². The molecular weight excluding hydrogens is 258 g/mol. The highest BCUT2D eigenvalue weighted by atomic mass is 16.5. The number of aromatic amines is 1. The van der Waals surface area contributed by atoms with Crippen LogP contribution in [-0.2, 0) is 4.74 Å². The van der Waals surface area contributed by atoms with E-state index in [1.54, 1.807) is 38.1 Å². The first kappa shape index (κ1) is 13.8. The van der Waals surface area contributed by atoms with Gasteiger partial charge in [0.25, 0.3) is 5.91 Å². The van der Waals surface area contributed by atoms with Gasteiger partial charge < -0.3 is 10.1 Å². The zero-order valence-electron chi connectivity index (χ0n) is 11.3. The van der Waals surface area contributed by atoms with Gasteiger partial charge >= 0.3 is 5.97 Å². The predicted molar refractivity (Wildman–Crippen MR) is 73.7 cm³/mol. The lowest BCUT2D eigenvalue weighted by Crippen LogP contribution is -2.16. The lowest BCUT2D eigenvalue weighted by molar-refractivity contribution is 0.0527. The number of hydrogen-bond acceptors (Lipinski definition) is 4. The Kier molecular flexibility index (Phi) is 4.14. The fourth-order valence-corrected chi connectivity index (χ4v) is 1.75. The van der Waals surface area contributed by atoms with E-state index in [4.69, 9.17) is 4.74 Å². The number of rotatable bonds is 4. The van der Waals surface area contributed by atoms with E-state index >= 15 is 0 Å². The number of nitrogens with one attached hydrogen (secondary N) is 2. The van der Waals surface area contributed by atoms with Crippen LogP contribution in [0, 0.1) is 6.92 Å². The van der Waals surface area contributed by atoms with Crippen LogP contribution in [0.1, 0.15) is 33.3 Å². The predicted octanol–water partition coefficient (Wildman–Crippen LogP) is 2.15. The molecule has 0 unspecified atom stereocenters. The molecule has 0 aliphatic rings. The second-order valence-electron chi connectivity index (χ2n) is 4.13. The Morgan fingerprint density at radius 1 is 1.30 bits per heavy atom. The van der Waals surface area contributed by atoms with Gasteiger partial charge in [-0.05, 0) is 26.0 Å². The van der Waals surface area contributed by atoms with Gasteiger partial charge in [0.1, 0.15) is 0 Å². The van der Waals surface area contributed by atoms with Gasteiger partial charge in [-0.3, -0.25) is 9.89 Å². The molecule has 6 nitrogen and oxygen atoms in total. The minimum absolute atomic E-state index is 0.280. The lowest BCUT2D eigenvalue weighted by Gasteiger charge is -2.09. The molecule has 0 atom stereocenters. The number of para-hydroxylation sites is 1. The SMILES string of the molecule is CCOC(=O)c1ccccc1NC(=O)c1cn[nH]c1C. The summed E-state index contributed by atoms with van der Waals surface area (Å²) in [4.78, 5) is 23.9. The van der Waals surface area contributed by atoms with Crippen LogP contribution in [0.3, 0.4) is 0 Å². The van der Waals surface area contributed by atoms with E-state index in [9.17, 15) is 9.59 Å². The summed E-state index contributed by atoms with van der Waals surface area (Å²) in [5.41, 5.74) is 1.83. The number of hydrogen-bond donors (Lipinski definition) is 2. The van der Waals surface area contributed by atoms with Crippen LogP contribution < -0.4 is 5.32 Å². The van der Waals surface area contributed by atoms with Gasteiger partial charge in [-0.15, -0.1) is 0 Å². The molecule has 0 saturated carbocycles. The molecule has 20 heavy (non-hydrogen) atoms. The fourth-order valence-electron chi connectivity index (χ4n) is 1.75. The Morgan fingerprint density at radius 2 is 2.05 bits per heavy atom. The number of aromatic nitrogens is 2. The van der Waals surface area contributed by atoms with Crippen molar-refractivity contribution < 1.29 is 14.3 Å². The summed E-state index contributed by atoms with van der Waals surface area (Å²) in [5.74, 6) is -0.791. The minimum atomic E-state index is -0.465. The second kappa shape index (κ2) is 6.01. The summed E-state index contributed by atoms with van der Waals surface area (Å²) in [6, 6.07) is 6.71. The largest absolute Gasteiger partial charge is 0.462 e. The molecule has 0 saturated heterocycles. The highest BCUT2D eigenvalue weighted by Crippen LogP contribution is 2.17. The summed E-state index contributed by atoms with van der Waals surface area (Å²) >= 11 is 0. The van der Waals surface area contributed by atoms with Crippen molar-refractivity contribution in [3.63, 3.8) is 0 Å². The van der Waals surface area contributed by atoms with E-state index in [0.717, 1.165) is 0 Å². The number of ether oxygens (including phenoxy) is 1. The number of H-pyrrole nitrogens is 1. The maximum atomic E-state index is 12.1. The van der Waals surface area contributed by atoms with Gasteiger partial charge in [0.15, 0.2) is 0 Å². The quantitative estimate of drug-likeness (QED) is 0.836. The molecule has 6 heteroatoms. The average Bonchev–Trinajstić information content (AvgIpc) is 2.86. The Labute approximate surface area is 116 Å². The highest BCUT2D eigenvalue weighted by Gasteiger charge is 2.16. The van der Waals surface area contributed by atoms with Crippen LogP contribution in [-0.4, -0.2) is 28.7 Å². The lowest BCUT2D eigenvalue weighted by atomic mass is 10.1. The Morgan fingerprint density at radius 3 is 2.70 bits per heavy atom. The Hall–Kier alpha value is -2.63. The Bertz CT molecular complexity index is 634. The first-order valence-corrected chi connectivity index (χ1v) is 6.21. The van der Waals surface area contributed by atoms with Gasteiger partial charge in [-0.25, -0.2) is 4.79 Å². The number of benzene rings is 1. The third kappa shape index (κ3) is 2.85. The van der Waals surface area contributed by atoms with Gasteiger partial charge in [-0.1, -0.05) is 12.1 Å². The summed E-state index contributed by atoms with van der Waals surface area (Å²) in [6.45, 7) is 3.76. The minimum Gasteiger partial charge on any atom is -0.462 e. The van der Waals surface area contributed by atoms with Gasteiger partial charge in [-0.2, -0.15) is 5.10 Å². The number of anilines is 1. The first-order chi connectivity index (χ1) is 9.63. The van der Waals surface area contributed by atoms with Crippen molar-refractivity contribution in [2.45, 2.75) is 13.8 Å². The second-order valence-corrected chi connectivity index (χ2v) is 4.13. The first-order valence-electron chi connectivity index (χ1n) is 6.21. The maximum Gasteiger partial charge on any atom is 0.340 e.